The lowest BCUT2D eigenvalue weighted by Crippen LogP contribution is -2.37. The first-order chi connectivity index (χ1) is 12.7. The van der Waals surface area contributed by atoms with E-state index in [1.165, 1.54) is 14.0 Å². The minimum Gasteiger partial charge on any atom is -0.453 e. The van der Waals surface area contributed by atoms with Gasteiger partial charge in [-0.1, -0.05) is 12.1 Å². The van der Waals surface area contributed by atoms with Gasteiger partial charge >= 0.3 is 6.09 Å². The summed E-state index contributed by atoms with van der Waals surface area (Å²) >= 11 is 0. The van der Waals surface area contributed by atoms with Gasteiger partial charge in [-0.25, -0.2) is 17.6 Å². The van der Waals surface area contributed by atoms with E-state index in [0.717, 1.165) is 24.3 Å². The summed E-state index contributed by atoms with van der Waals surface area (Å²) in [6, 6.07) is 10.9. The van der Waals surface area contributed by atoms with Gasteiger partial charge in [0.05, 0.1) is 12.0 Å². The Morgan fingerprint density at radius 3 is 2.22 bits per heavy atom. The second kappa shape index (κ2) is 8.63. The molecule has 0 saturated carbocycles. The van der Waals surface area contributed by atoms with Crippen molar-refractivity contribution in [3.8, 4) is 0 Å². The van der Waals surface area contributed by atoms with Crippen LogP contribution in [0.1, 0.15) is 12.5 Å². The smallest absolute Gasteiger partial charge is 0.411 e. The molecule has 2 N–H and O–H groups in total. The van der Waals surface area contributed by atoms with Crippen molar-refractivity contribution in [3.63, 3.8) is 0 Å². The number of anilines is 1. The second-order valence-electron chi connectivity index (χ2n) is 5.67. The van der Waals surface area contributed by atoms with E-state index >= 15 is 0 Å². The molecule has 27 heavy (non-hydrogen) atoms. The zero-order chi connectivity index (χ0) is 20.0. The fourth-order valence-electron chi connectivity index (χ4n) is 2.18. The number of amides is 2. The van der Waals surface area contributed by atoms with E-state index in [9.17, 15) is 22.4 Å². The number of ether oxygens (including phenoxy) is 1. The number of rotatable bonds is 6. The third kappa shape index (κ3) is 5.27. The van der Waals surface area contributed by atoms with Crippen molar-refractivity contribution in [2.45, 2.75) is 23.6 Å². The molecule has 0 aromatic heterocycles. The SMILES string of the molecule is COC(=O)Nc1ccc(CNC(=O)[C@H](C)S(=O)(=O)c2ccc(F)cc2)cc1. The third-order valence-electron chi connectivity index (χ3n) is 3.83. The molecule has 2 aromatic rings. The van der Waals surface area contributed by atoms with Crippen LogP contribution in [-0.2, 0) is 25.9 Å². The molecule has 0 saturated heterocycles. The van der Waals surface area contributed by atoms with Crippen LogP contribution in [0.4, 0.5) is 14.9 Å². The Morgan fingerprint density at radius 1 is 1.07 bits per heavy atom. The summed E-state index contributed by atoms with van der Waals surface area (Å²) in [7, 11) is -2.67. The topological polar surface area (TPSA) is 102 Å². The highest BCUT2D eigenvalue weighted by atomic mass is 32.2. The molecule has 0 heterocycles. The molecule has 0 spiro atoms. The highest BCUT2D eigenvalue weighted by Gasteiger charge is 2.29. The molecular weight excluding hydrogens is 375 g/mol. The minimum absolute atomic E-state index is 0.112. The molecule has 7 nitrogen and oxygen atoms in total. The van der Waals surface area contributed by atoms with E-state index in [2.05, 4.69) is 15.4 Å². The third-order valence-corrected chi connectivity index (χ3v) is 5.90. The van der Waals surface area contributed by atoms with Crippen molar-refractivity contribution in [2.75, 3.05) is 12.4 Å². The highest BCUT2D eigenvalue weighted by molar-refractivity contribution is 7.92. The lowest BCUT2D eigenvalue weighted by Gasteiger charge is -2.14. The second-order valence-corrected chi connectivity index (χ2v) is 7.94. The highest BCUT2D eigenvalue weighted by Crippen LogP contribution is 2.17. The van der Waals surface area contributed by atoms with Gasteiger partial charge in [-0.3, -0.25) is 10.1 Å². The molecule has 2 amide bonds. The van der Waals surface area contributed by atoms with Crippen molar-refractivity contribution < 1.29 is 27.1 Å². The molecule has 1 atom stereocenters. The number of sulfone groups is 1. The monoisotopic (exact) mass is 394 g/mol. The van der Waals surface area contributed by atoms with Gasteiger partial charge in [0.1, 0.15) is 11.1 Å². The summed E-state index contributed by atoms with van der Waals surface area (Å²) in [5, 5.41) is 3.71. The molecule has 0 bridgehead atoms. The lowest BCUT2D eigenvalue weighted by atomic mass is 10.2. The number of carbonyl (C=O) groups excluding carboxylic acids is 2. The van der Waals surface area contributed by atoms with Crippen molar-refractivity contribution in [2.24, 2.45) is 0 Å². The van der Waals surface area contributed by atoms with Crippen LogP contribution in [0.25, 0.3) is 0 Å². The van der Waals surface area contributed by atoms with Gasteiger partial charge in [0, 0.05) is 12.2 Å². The number of halogens is 1. The van der Waals surface area contributed by atoms with Crippen molar-refractivity contribution in [1.82, 2.24) is 5.32 Å². The molecule has 9 heteroatoms. The molecule has 0 aliphatic carbocycles. The van der Waals surface area contributed by atoms with Crippen LogP contribution in [0.15, 0.2) is 53.4 Å². The van der Waals surface area contributed by atoms with Crippen molar-refractivity contribution in [1.29, 1.82) is 0 Å². The average molecular weight is 394 g/mol. The van der Waals surface area contributed by atoms with Crippen LogP contribution in [0, 0.1) is 5.82 Å². The van der Waals surface area contributed by atoms with E-state index in [1.54, 1.807) is 24.3 Å². The summed E-state index contributed by atoms with van der Waals surface area (Å²) in [5.41, 5.74) is 1.23. The predicted molar refractivity (Wildman–Crippen MR) is 97.4 cm³/mol. The first-order valence-corrected chi connectivity index (χ1v) is 9.49. The van der Waals surface area contributed by atoms with Gasteiger partial charge in [-0.05, 0) is 48.9 Å². The van der Waals surface area contributed by atoms with Gasteiger partial charge in [0.2, 0.25) is 5.91 Å². The molecule has 0 aliphatic rings. The van der Waals surface area contributed by atoms with Gasteiger partial charge < -0.3 is 10.1 Å². The zero-order valence-corrected chi connectivity index (χ0v) is 15.5. The maximum Gasteiger partial charge on any atom is 0.411 e. The number of benzene rings is 2. The Morgan fingerprint density at radius 2 is 1.67 bits per heavy atom. The van der Waals surface area contributed by atoms with Gasteiger partial charge in [-0.15, -0.1) is 0 Å². The van der Waals surface area contributed by atoms with Crippen molar-refractivity contribution >= 4 is 27.5 Å². The number of hydrogen-bond acceptors (Lipinski definition) is 5. The Kier molecular flexibility index (Phi) is 6.51. The number of nitrogens with one attached hydrogen (secondary N) is 2. The van der Waals surface area contributed by atoms with Crippen molar-refractivity contribution in [3.05, 3.63) is 59.9 Å². The maximum atomic E-state index is 13.0. The summed E-state index contributed by atoms with van der Waals surface area (Å²) < 4.78 is 42.3. The summed E-state index contributed by atoms with van der Waals surface area (Å²) in [6.45, 7) is 1.39. The van der Waals surface area contributed by atoms with Crippen LogP contribution >= 0.6 is 0 Å². The summed E-state index contributed by atoms with van der Waals surface area (Å²) in [5.74, 6) is -1.23. The molecule has 144 valence electrons. The fourth-order valence-corrected chi connectivity index (χ4v) is 3.47. The first kappa shape index (κ1) is 20.4. The average Bonchev–Trinajstić information content (AvgIpc) is 2.66. The van der Waals surface area contributed by atoms with Crippen LogP contribution in [0.3, 0.4) is 0 Å². The molecule has 0 aliphatic heterocycles. The molecule has 2 aromatic carbocycles. The van der Waals surface area contributed by atoms with E-state index in [4.69, 9.17) is 0 Å². The molecule has 0 radical (unpaired) electrons. The molecule has 2 rings (SSSR count). The number of carbonyl (C=O) groups is 2. The Bertz CT molecular complexity index is 912. The van der Waals surface area contributed by atoms with Crippen LogP contribution in [0.5, 0.6) is 0 Å². The standard InChI is InChI=1S/C18H19FN2O5S/c1-12(27(24,25)16-9-5-14(19)6-10-16)17(22)20-11-13-3-7-15(8-4-13)21-18(23)26-2/h3-10,12H,11H2,1-2H3,(H,20,22)(H,21,23)/t12-/m0/s1. The van der Waals surface area contributed by atoms with Gasteiger partial charge in [0.25, 0.3) is 0 Å². The number of methoxy groups -OCH3 is 1. The van der Waals surface area contributed by atoms with Crippen LogP contribution < -0.4 is 10.6 Å². The van der Waals surface area contributed by atoms with Crippen LogP contribution in [0.2, 0.25) is 0 Å². The van der Waals surface area contributed by atoms with E-state index < -0.39 is 32.9 Å². The molecule has 0 fully saturated rings. The fraction of sp³-hybridized carbons (Fsp3) is 0.222. The summed E-state index contributed by atoms with van der Waals surface area (Å²) in [4.78, 5) is 23.2. The Balaban J connectivity index is 1.98. The van der Waals surface area contributed by atoms with E-state index in [-0.39, 0.29) is 11.4 Å². The normalized spacial score (nSPS) is 12.1. The zero-order valence-electron chi connectivity index (χ0n) is 14.7. The molecule has 0 unspecified atom stereocenters. The summed E-state index contributed by atoms with van der Waals surface area (Å²) in [6.07, 6.45) is -0.601. The first-order valence-electron chi connectivity index (χ1n) is 7.95. The van der Waals surface area contributed by atoms with Crippen LogP contribution in [-0.4, -0.2) is 32.8 Å². The van der Waals surface area contributed by atoms with E-state index in [1.807, 2.05) is 0 Å². The number of hydrogen-bond donors (Lipinski definition) is 2. The minimum atomic E-state index is -3.92. The van der Waals surface area contributed by atoms with Gasteiger partial charge in [-0.2, -0.15) is 0 Å². The Hall–Kier alpha value is -2.94. The quantitative estimate of drug-likeness (QED) is 0.733. The maximum absolute atomic E-state index is 13.0. The van der Waals surface area contributed by atoms with E-state index in [0.29, 0.717) is 11.3 Å². The molecular formula is C18H19FN2O5S. The lowest BCUT2D eigenvalue weighted by molar-refractivity contribution is -0.120. The largest absolute Gasteiger partial charge is 0.453 e. The van der Waals surface area contributed by atoms with Gasteiger partial charge in [0.15, 0.2) is 9.84 Å². The Labute approximate surface area is 156 Å². The predicted octanol–water partition coefficient (Wildman–Crippen LogP) is 2.48.